The third-order valence-corrected chi connectivity index (χ3v) is 5.15. The molecule has 2 aliphatic carbocycles. The van der Waals surface area contributed by atoms with Crippen LogP contribution in [-0.2, 0) is 38.7 Å². The fourth-order valence-corrected chi connectivity index (χ4v) is 3.95. The summed E-state index contributed by atoms with van der Waals surface area (Å²) in [4.78, 5) is 0. The number of rotatable bonds is 2. The Balaban J connectivity index is 0.000000871. The third kappa shape index (κ3) is 4.06. The van der Waals surface area contributed by atoms with Crippen LogP contribution in [0.1, 0.15) is 33.4 Å². The van der Waals surface area contributed by atoms with Crippen molar-refractivity contribution in [3.05, 3.63) is 106 Å². The fraction of sp³-hybridized carbons (Fsp3) is 0.0833. The molecule has 0 fully saturated rings. The summed E-state index contributed by atoms with van der Waals surface area (Å²) in [6, 6.07) is 26.3. The van der Waals surface area contributed by atoms with E-state index >= 15 is 0 Å². The molecule has 0 atom stereocenters. The van der Waals surface area contributed by atoms with Crippen molar-refractivity contribution in [1.29, 1.82) is 0 Å². The molecule has 3 heteroatoms. The molecule has 0 spiro atoms. The second-order valence-electron chi connectivity index (χ2n) is 6.64. The standard InChI is InChI=1S/C24H18.2ClH.Hf/c1-2-8-18-14-21(13-17(18)7-1)23-11-5-6-12-24(23)22-15-19-9-3-4-10-20(19)16-22;;;/h1-13,15H,14,16H2;2*1H;/q;;;+2/p-2. The third-order valence-electron chi connectivity index (χ3n) is 5.15. The molecule has 3 aromatic carbocycles. The minimum Gasteiger partial charge on any atom is -1.00 e. The van der Waals surface area contributed by atoms with Crippen molar-refractivity contribution >= 4 is 23.3 Å². The molecule has 27 heavy (non-hydrogen) atoms. The van der Waals surface area contributed by atoms with E-state index in [1.165, 1.54) is 44.5 Å². The van der Waals surface area contributed by atoms with Crippen LogP contribution in [0.4, 0.5) is 0 Å². The Hall–Kier alpha value is -1.41. The Morgan fingerprint density at radius 1 is 0.481 bits per heavy atom. The zero-order valence-electron chi connectivity index (χ0n) is 14.8. The van der Waals surface area contributed by atoms with E-state index in [1.54, 1.807) is 0 Å². The predicted molar refractivity (Wildman–Crippen MR) is 102 cm³/mol. The van der Waals surface area contributed by atoms with Crippen LogP contribution in [0.2, 0.25) is 0 Å². The van der Waals surface area contributed by atoms with Crippen molar-refractivity contribution in [3.8, 4) is 0 Å². The van der Waals surface area contributed by atoms with E-state index in [0.29, 0.717) is 0 Å². The second kappa shape index (κ2) is 9.19. The van der Waals surface area contributed by atoms with Crippen LogP contribution in [0.3, 0.4) is 0 Å². The molecule has 0 amide bonds. The van der Waals surface area contributed by atoms with E-state index in [9.17, 15) is 0 Å². The van der Waals surface area contributed by atoms with Crippen molar-refractivity contribution < 1.29 is 50.7 Å². The first-order valence-electron chi connectivity index (χ1n) is 8.55. The van der Waals surface area contributed by atoms with Crippen LogP contribution in [0.25, 0.3) is 23.3 Å². The molecule has 0 saturated carbocycles. The van der Waals surface area contributed by atoms with Gasteiger partial charge in [-0.1, -0.05) is 84.9 Å². The van der Waals surface area contributed by atoms with E-state index in [-0.39, 0.29) is 50.7 Å². The summed E-state index contributed by atoms with van der Waals surface area (Å²) in [5.41, 5.74) is 11.2. The first-order valence-corrected chi connectivity index (χ1v) is 8.55. The first kappa shape index (κ1) is 21.9. The summed E-state index contributed by atoms with van der Waals surface area (Å²) in [5, 5.41) is 0. The maximum absolute atomic E-state index is 2.36. The molecular weight excluding hydrogens is 538 g/mol. The molecule has 0 aromatic heterocycles. The van der Waals surface area contributed by atoms with E-state index in [1.807, 2.05) is 0 Å². The number of hydrogen-bond acceptors (Lipinski definition) is 0. The minimum atomic E-state index is 0. The van der Waals surface area contributed by atoms with Gasteiger partial charge in [0, 0.05) is 0 Å². The average Bonchev–Trinajstić information content (AvgIpc) is 3.25. The van der Waals surface area contributed by atoms with Crippen molar-refractivity contribution in [1.82, 2.24) is 0 Å². The SMILES string of the molecule is C1=C(c2ccccc2C2=Cc3ccccc3C2)Cc2ccccc21.[Cl-].[Cl-].[Hf+2]. The van der Waals surface area contributed by atoms with Gasteiger partial charge in [0.25, 0.3) is 0 Å². The number of allylic oxidation sites excluding steroid dienone is 2. The van der Waals surface area contributed by atoms with Crippen LogP contribution in [0.15, 0.2) is 72.8 Å². The molecule has 0 N–H and O–H groups in total. The molecule has 2 aliphatic rings. The molecule has 3 aromatic rings. The van der Waals surface area contributed by atoms with Gasteiger partial charge in [-0.15, -0.1) is 0 Å². The zero-order valence-corrected chi connectivity index (χ0v) is 19.9. The van der Waals surface area contributed by atoms with Gasteiger partial charge >= 0.3 is 25.8 Å². The van der Waals surface area contributed by atoms with Crippen LogP contribution >= 0.6 is 0 Å². The monoisotopic (exact) mass is 556 g/mol. The largest absolute Gasteiger partial charge is 2.00 e. The number of fused-ring (bicyclic) bond motifs is 2. The van der Waals surface area contributed by atoms with Gasteiger partial charge in [0.05, 0.1) is 0 Å². The Morgan fingerprint density at radius 3 is 1.26 bits per heavy atom. The predicted octanol–water partition coefficient (Wildman–Crippen LogP) is -0.114. The van der Waals surface area contributed by atoms with Crippen LogP contribution < -0.4 is 24.8 Å². The van der Waals surface area contributed by atoms with Gasteiger partial charge in [0.2, 0.25) is 0 Å². The Labute approximate surface area is 192 Å². The van der Waals surface area contributed by atoms with Crippen LogP contribution in [0, 0.1) is 0 Å². The second-order valence-corrected chi connectivity index (χ2v) is 6.64. The molecule has 0 unspecified atom stereocenters. The first-order chi connectivity index (χ1) is 11.9. The van der Waals surface area contributed by atoms with Gasteiger partial charge in [-0.3, -0.25) is 0 Å². The van der Waals surface area contributed by atoms with Crippen molar-refractivity contribution in [2.75, 3.05) is 0 Å². The minimum absolute atomic E-state index is 0. The van der Waals surface area contributed by atoms with E-state index in [0.717, 1.165) is 12.8 Å². The zero-order chi connectivity index (χ0) is 15.9. The van der Waals surface area contributed by atoms with E-state index < -0.39 is 0 Å². The van der Waals surface area contributed by atoms with E-state index in [4.69, 9.17) is 0 Å². The van der Waals surface area contributed by atoms with Crippen molar-refractivity contribution in [2.24, 2.45) is 0 Å². The molecule has 0 nitrogen and oxygen atoms in total. The molecule has 0 bridgehead atoms. The maximum Gasteiger partial charge on any atom is 2.00 e. The summed E-state index contributed by atoms with van der Waals surface area (Å²) in [6.45, 7) is 0. The number of benzene rings is 3. The molecular formula is C24H18Cl2Hf. The molecule has 0 aliphatic heterocycles. The summed E-state index contributed by atoms with van der Waals surface area (Å²) in [7, 11) is 0. The fourth-order valence-electron chi connectivity index (χ4n) is 3.95. The van der Waals surface area contributed by atoms with Crippen LogP contribution in [-0.4, -0.2) is 0 Å². The quantitative estimate of drug-likeness (QED) is 0.387. The topological polar surface area (TPSA) is 0 Å². The van der Waals surface area contributed by atoms with Gasteiger partial charge in [-0.05, 0) is 57.4 Å². The van der Waals surface area contributed by atoms with E-state index in [2.05, 4.69) is 84.9 Å². The Morgan fingerprint density at radius 2 is 0.852 bits per heavy atom. The molecule has 0 heterocycles. The van der Waals surface area contributed by atoms with Gasteiger partial charge in [-0.2, -0.15) is 0 Å². The summed E-state index contributed by atoms with van der Waals surface area (Å²) in [5.74, 6) is 0. The Kier molecular flexibility index (Phi) is 7.45. The average molecular weight is 556 g/mol. The molecule has 5 rings (SSSR count). The van der Waals surface area contributed by atoms with Gasteiger partial charge in [0.1, 0.15) is 0 Å². The van der Waals surface area contributed by atoms with Gasteiger partial charge < -0.3 is 24.8 Å². The van der Waals surface area contributed by atoms with Gasteiger partial charge in [-0.25, -0.2) is 0 Å². The molecule has 0 radical (unpaired) electrons. The van der Waals surface area contributed by atoms with Crippen LogP contribution in [0.5, 0.6) is 0 Å². The summed E-state index contributed by atoms with van der Waals surface area (Å²) < 4.78 is 0. The number of hydrogen-bond donors (Lipinski definition) is 0. The summed E-state index contributed by atoms with van der Waals surface area (Å²) in [6.07, 6.45) is 6.79. The molecule has 0 saturated heterocycles. The normalized spacial score (nSPS) is 13.2. The van der Waals surface area contributed by atoms with Crippen molar-refractivity contribution in [2.45, 2.75) is 12.8 Å². The molecule has 132 valence electrons. The smallest absolute Gasteiger partial charge is 1.00 e. The number of halogens is 2. The summed E-state index contributed by atoms with van der Waals surface area (Å²) >= 11 is 0. The van der Waals surface area contributed by atoms with Gasteiger partial charge in [0.15, 0.2) is 0 Å². The Bertz CT molecular complexity index is 936. The maximum atomic E-state index is 2.36. The van der Waals surface area contributed by atoms with Crippen molar-refractivity contribution in [3.63, 3.8) is 0 Å².